The zero-order valence-electron chi connectivity index (χ0n) is 48.8. The Bertz CT molecular complexity index is 1880. The minimum Gasteiger partial charge on any atom is -0.479 e. The van der Waals surface area contributed by atoms with Crippen LogP contribution in [0.1, 0.15) is 213 Å². The third-order valence-corrected chi connectivity index (χ3v) is 12.7. The molecule has 12 heteroatoms. The van der Waals surface area contributed by atoms with Gasteiger partial charge in [0.15, 0.2) is 24.6 Å². The monoisotopic (exact) mass is 1100 g/mol. The van der Waals surface area contributed by atoms with Gasteiger partial charge in [0.1, 0.15) is 18.8 Å². The van der Waals surface area contributed by atoms with E-state index in [2.05, 4.69) is 154 Å². The number of carbonyl (C=O) groups is 4. The van der Waals surface area contributed by atoms with Gasteiger partial charge in [0.05, 0.1) is 6.61 Å². The van der Waals surface area contributed by atoms with E-state index < -0.39 is 67.3 Å². The Hall–Kier alpha value is -5.14. The summed E-state index contributed by atoms with van der Waals surface area (Å²) < 4.78 is 28.4. The number of aliphatic hydroxyl groups excluding tert-OH is 2. The number of aliphatic carboxylic acids is 1. The molecule has 0 saturated carbocycles. The summed E-state index contributed by atoms with van der Waals surface area (Å²) in [6, 6.07) is 0. The predicted octanol–water partition coefficient (Wildman–Crippen LogP) is 15.8. The molecule has 1 saturated heterocycles. The van der Waals surface area contributed by atoms with Gasteiger partial charge in [-0.25, -0.2) is 4.79 Å². The first-order valence-electron chi connectivity index (χ1n) is 30.2. The molecule has 0 amide bonds. The Balaban J connectivity index is 2.74. The predicted molar refractivity (Wildman–Crippen MR) is 321 cm³/mol. The maximum atomic E-state index is 13.2. The number of unbranched alkanes of at least 4 members (excludes halogenated alkanes) is 13. The van der Waals surface area contributed by atoms with Crippen LogP contribution in [0.15, 0.2) is 134 Å². The topological polar surface area (TPSA) is 175 Å². The van der Waals surface area contributed by atoms with Gasteiger partial charge in [-0.1, -0.05) is 199 Å². The molecule has 1 aliphatic rings. The van der Waals surface area contributed by atoms with Crippen LogP contribution >= 0.6 is 0 Å². The summed E-state index contributed by atoms with van der Waals surface area (Å²) >= 11 is 0. The molecule has 12 nitrogen and oxygen atoms in total. The Morgan fingerprint density at radius 1 is 0.418 bits per heavy atom. The van der Waals surface area contributed by atoms with Gasteiger partial charge in [-0.2, -0.15) is 0 Å². The van der Waals surface area contributed by atoms with Crippen LogP contribution < -0.4 is 0 Å². The first-order valence-corrected chi connectivity index (χ1v) is 30.2. The summed E-state index contributed by atoms with van der Waals surface area (Å²) in [5.41, 5.74) is 0. The van der Waals surface area contributed by atoms with Crippen LogP contribution in [0.3, 0.4) is 0 Å². The fraction of sp³-hybridized carbons (Fsp3) is 0.612. The Morgan fingerprint density at radius 2 is 0.759 bits per heavy atom. The molecule has 444 valence electrons. The SMILES string of the molecule is CC/C=C\C/C=C\C/C=C\C/C=C\CCCCCCC(=O)OCC(COC1OC(C(=O)O)C(O)C(O)C1OC(=O)CCCCCC/C=C\C/C=C\C/C=C\C/C=C\CC)OC(=O)CCCCCCC/C=C\C/C=C\C/C=C\CC. The molecule has 0 radical (unpaired) electrons. The minimum absolute atomic E-state index is 0.0202. The van der Waals surface area contributed by atoms with Gasteiger partial charge in [-0.15, -0.1) is 0 Å². The van der Waals surface area contributed by atoms with Gasteiger partial charge < -0.3 is 39.0 Å². The number of rotatable bonds is 49. The number of esters is 3. The second-order valence-corrected chi connectivity index (χ2v) is 19.8. The average molecular weight is 1100 g/mol. The fourth-order valence-electron chi connectivity index (χ4n) is 8.19. The zero-order chi connectivity index (χ0) is 57.5. The summed E-state index contributed by atoms with van der Waals surface area (Å²) in [5, 5.41) is 31.5. The van der Waals surface area contributed by atoms with E-state index in [4.69, 9.17) is 23.7 Å². The van der Waals surface area contributed by atoms with Crippen molar-refractivity contribution in [3.8, 4) is 0 Å². The van der Waals surface area contributed by atoms with Crippen molar-refractivity contribution in [2.45, 2.75) is 250 Å². The van der Waals surface area contributed by atoms with E-state index in [9.17, 15) is 34.5 Å². The lowest BCUT2D eigenvalue weighted by atomic mass is 9.98. The van der Waals surface area contributed by atoms with E-state index in [-0.39, 0.29) is 25.9 Å². The lowest BCUT2D eigenvalue weighted by Gasteiger charge is -2.40. The van der Waals surface area contributed by atoms with Crippen molar-refractivity contribution in [1.82, 2.24) is 0 Å². The van der Waals surface area contributed by atoms with Gasteiger partial charge in [0.25, 0.3) is 0 Å². The van der Waals surface area contributed by atoms with Gasteiger partial charge in [0, 0.05) is 19.3 Å². The molecular weight excluding hydrogens is 997 g/mol. The van der Waals surface area contributed by atoms with Crippen molar-refractivity contribution in [2.24, 2.45) is 0 Å². The van der Waals surface area contributed by atoms with Crippen LogP contribution in [-0.2, 0) is 42.9 Å². The third-order valence-electron chi connectivity index (χ3n) is 12.7. The summed E-state index contributed by atoms with van der Waals surface area (Å²) in [6.45, 7) is 5.60. The Kier molecular flexibility index (Phi) is 48.7. The molecule has 3 N–H and O–H groups in total. The zero-order valence-corrected chi connectivity index (χ0v) is 48.8. The molecule has 0 aromatic carbocycles. The first-order chi connectivity index (χ1) is 38.6. The van der Waals surface area contributed by atoms with Crippen molar-refractivity contribution in [3.05, 3.63) is 134 Å². The number of hydrogen-bond acceptors (Lipinski definition) is 11. The second-order valence-electron chi connectivity index (χ2n) is 19.8. The van der Waals surface area contributed by atoms with E-state index in [1.54, 1.807) is 0 Å². The standard InChI is InChI=1S/C67H104O12/c1-4-7-10-13-16-19-22-25-28-30-33-35-38-41-44-47-50-53-59(68)75-56-58(77-60(69)54-51-48-45-42-39-36-32-27-24-21-18-15-12-9-6-3)57-76-67-65(63(72)62(71)64(79-67)66(73)74)78-61(70)55-52-49-46-43-40-37-34-31-29-26-23-20-17-14-11-8-5-2/h7-12,16-21,25-29,32-35,37,58,62-65,67,71-72H,4-6,13-15,22-24,30-31,36,38-57H2,1-3H3,(H,73,74)/b10-7-,11-8-,12-9-,19-16-,20-17-,21-18-,28-25-,29-26-,32-27-,35-33-,37-34-. The molecular formula is C67H104O12. The molecule has 0 spiro atoms. The quantitative estimate of drug-likeness (QED) is 0.0228. The van der Waals surface area contributed by atoms with E-state index in [1.165, 1.54) is 0 Å². The van der Waals surface area contributed by atoms with Gasteiger partial charge in [0.2, 0.25) is 0 Å². The smallest absolute Gasteiger partial charge is 0.335 e. The molecule has 1 aliphatic heterocycles. The molecule has 1 heterocycles. The van der Waals surface area contributed by atoms with E-state index in [0.717, 1.165) is 154 Å². The molecule has 0 aliphatic carbocycles. The number of carbonyl (C=O) groups excluding carboxylic acids is 3. The number of carboxylic acids is 1. The summed E-state index contributed by atoms with van der Waals surface area (Å²) in [5.74, 6) is -3.23. The molecule has 1 rings (SSSR count). The molecule has 0 aromatic heterocycles. The Morgan fingerprint density at radius 3 is 1.15 bits per heavy atom. The summed E-state index contributed by atoms with van der Waals surface area (Å²) in [7, 11) is 0. The highest BCUT2D eigenvalue weighted by atomic mass is 16.7. The third kappa shape index (κ3) is 43.4. The van der Waals surface area contributed by atoms with Crippen molar-refractivity contribution < 1.29 is 58.2 Å². The normalized spacial score (nSPS) is 18.8. The van der Waals surface area contributed by atoms with Crippen molar-refractivity contribution in [2.75, 3.05) is 13.2 Å². The van der Waals surface area contributed by atoms with Gasteiger partial charge in [-0.05, 0) is 128 Å². The number of ether oxygens (including phenoxy) is 5. The molecule has 0 aromatic rings. The molecule has 79 heavy (non-hydrogen) atoms. The second kappa shape index (κ2) is 53.5. The number of allylic oxidation sites excluding steroid dienone is 22. The molecule has 6 atom stereocenters. The summed E-state index contributed by atoms with van der Waals surface area (Å²) in [6.07, 6.45) is 62.7. The van der Waals surface area contributed by atoms with Crippen molar-refractivity contribution in [3.63, 3.8) is 0 Å². The molecule has 1 fully saturated rings. The lowest BCUT2D eigenvalue weighted by molar-refractivity contribution is -0.301. The highest BCUT2D eigenvalue weighted by molar-refractivity contribution is 5.74. The van der Waals surface area contributed by atoms with Crippen LogP contribution in [0.4, 0.5) is 0 Å². The van der Waals surface area contributed by atoms with Crippen molar-refractivity contribution in [1.29, 1.82) is 0 Å². The largest absolute Gasteiger partial charge is 0.479 e. The Labute approximate surface area is 477 Å². The molecule has 0 bridgehead atoms. The van der Waals surface area contributed by atoms with Crippen LogP contribution in [-0.4, -0.2) is 89.2 Å². The number of hydrogen-bond donors (Lipinski definition) is 3. The summed E-state index contributed by atoms with van der Waals surface area (Å²) in [4.78, 5) is 51.2. The van der Waals surface area contributed by atoms with E-state index in [0.29, 0.717) is 19.3 Å². The van der Waals surface area contributed by atoms with Crippen LogP contribution in [0.5, 0.6) is 0 Å². The van der Waals surface area contributed by atoms with Gasteiger partial charge in [-0.3, -0.25) is 14.4 Å². The van der Waals surface area contributed by atoms with Crippen LogP contribution in [0.25, 0.3) is 0 Å². The maximum absolute atomic E-state index is 13.2. The minimum atomic E-state index is -1.93. The first kappa shape index (κ1) is 71.9. The highest BCUT2D eigenvalue weighted by Crippen LogP contribution is 2.26. The highest BCUT2D eigenvalue weighted by Gasteiger charge is 2.50. The van der Waals surface area contributed by atoms with E-state index >= 15 is 0 Å². The van der Waals surface area contributed by atoms with E-state index in [1.807, 2.05) is 0 Å². The lowest BCUT2D eigenvalue weighted by Crippen LogP contribution is -2.61. The van der Waals surface area contributed by atoms with Gasteiger partial charge >= 0.3 is 23.9 Å². The van der Waals surface area contributed by atoms with Crippen LogP contribution in [0.2, 0.25) is 0 Å². The fourth-order valence-corrected chi connectivity index (χ4v) is 8.19. The number of carboxylic acid groups (broad SMARTS) is 1. The molecule has 6 unspecified atom stereocenters. The average Bonchev–Trinajstić information content (AvgIpc) is 3.47. The van der Waals surface area contributed by atoms with Crippen molar-refractivity contribution >= 4 is 23.9 Å². The maximum Gasteiger partial charge on any atom is 0.335 e. The number of aliphatic hydroxyl groups is 2. The van der Waals surface area contributed by atoms with Crippen LogP contribution in [0, 0.1) is 0 Å².